The zero-order chi connectivity index (χ0) is 16.2. The lowest BCUT2D eigenvalue weighted by Crippen LogP contribution is -2.22. The second-order valence-electron chi connectivity index (χ2n) is 5.11. The minimum Gasteiger partial charge on any atom is -0.424 e. The van der Waals surface area contributed by atoms with E-state index in [0.29, 0.717) is 28.4 Å². The molecule has 0 aliphatic rings. The van der Waals surface area contributed by atoms with Gasteiger partial charge >= 0.3 is 0 Å². The van der Waals surface area contributed by atoms with E-state index < -0.39 is 0 Å². The first-order chi connectivity index (χ1) is 11.1. The van der Waals surface area contributed by atoms with Crippen molar-refractivity contribution in [2.45, 2.75) is 19.5 Å². The number of benzene rings is 2. The highest BCUT2D eigenvalue weighted by atomic mass is 35.5. The van der Waals surface area contributed by atoms with Crippen molar-refractivity contribution in [2.24, 2.45) is 0 Å². The van der Waals surface area contributed by atoms with E-state index in [2.05, 4.69) is 15.5 Å². The van der Waals surface area contributed by atoms with Crippen molar-refractivity contribution in [3.05, 3.63) is 81.5 Å². The third-order valence-corrected chi connectivity index (χ3v) is 4.01. The number of nitrogens with zero attached hydrogens (tertiary/aromatic N) is 2. The van der Waals surface area contributed by atoms with Crippen LogP contribution in [0, 0.1) is 6.92 Å². The topological polar surface area (TPSA) is 51.0 Å². The van der Waals surface area contributed by atoms with Crippen LogP contribution < -0.4 is 5.32 Å². The van der Waals surface area contributed by atoms with E-state index >= 15 is 0 Å². The maximum Gasteiger partial charge on any atom is 0.230 e. The van der Waals surface area contributed by atoms with Crippen LogP contribution in [0.4, 0.5) is 0 Å². The molecule has 1 heterocycles. The van der Waals surface area contributed by atoms with Crippen molar-refractivity contribution < 1.29 is 4.42 Å². The Hall–Kier alpha value is -1.88. The van der Waals surface area contributed by atoms with Crippen molar-refractivity contribution in [3.8, 4) is 0 Å². The first-order valence-electron chi connectivity index (χ1n) is 7.16. The van der Waals surface area contributed by atoms with Gasteiger partial charge in [-0.1, -0.05) is 53.5 Å². The van der Waals surface area contributed by atoms with Crippen molar-refractivity contribution in [3.63, 3.8) is 0 Å². The summed E-state index contributed by atoms with van der Waals surface area (Å²) in [5.41, 5.74) is 1.98. The highest BCUT2D eigenvalue weighted by Crippen LogP contribution is 2.31. The molecule has 3 aromatic rings. The summed E-state index contributed by atoms with van der Waals surface area (Å²) in [4.78, 5) is 0. The fraction of sp³-hybridized carbons (Fsp3) is 0.176. The van der Waals surface area contributed by atoms with Crippen LogP contribution in [0.15, 0.2) is 52.9 Å². The molecule has 0 radical (unpaired) electrons. The van der Waals surface area contributed by atoms with Crippen LogP contribution in [0.3, 0.4) is 0 Å². The zero-order valence-electron chi connectivity index (χ0n) is 12.5. The molecule has 6 heteroatoms. The Kier molecular flexibility index (Phi) is 4.96. The fourth-order valence-electron chi connectivity index (χ4n) is 2.39. The Morgan fingerprint density at radius 3 is 2.57 bits per heavy atom. The van der Waals surface area contributed by atoms with Crippen LogP contribution in [-0.2, 0) is 6.54 Å². The van der Waals surface area contributed by atoms with Crippen molar-refractivity contribution in [1.82, 2.24) is 15.5 Å². The van der Waals surface area contributed by atoms with Gasteiger partial charge < -0.3 is 4.42 Å². The SMILES string of the molecule is Cc1nnc(CN[C@@H](c2ccccc2)c2cc(Cl)ccc2Cl)o1. The Morgan fingerprint density at radius 2 is 1.87 bits per heavy atom. The number of hydrogen-bond donors (Lipinski definition) is 1. The van der Waals surface area contributed by atoms with Gasteiger partial charge in [-0.2, -0.15) is 0 Å². The highest BCUT2D eigenvalue weighted by Gasteiger charge is 2.18. The maximum atomic E-state index is 6.38. The van der Waals surface area contributed by atoms with Gasteiger partial charge in [-0.05, 0) is 29.3 Å². The molecule has 0 saturated carbocycles. The molecule has 0 unspecified atom stereocenters. The molecule has 23 heavy (non-hydrogen) atoms. The van der Waals surface area contributed by atoms with Gasteiger partial charge in [0.25, 0.3) is 0 Å². The Labute approximate surface area is 144 Å². The van der Waals surface area contributed by atoms with Crippen LogP contribution in [0.2, 0.25) is 10.0 Å². The first kappa shape index (κ1) is 16.0. The summed E-state index contributed by atoms with van der Waals surface area (Å²) in [5, 5.41) is 12.5. The van der Waals surface area contributed by atoms with E-state index in [9.17, 15) is 0 Å². The summed E-state index contributed by atoms with van der Waals surface area (Å²) < 4.78 is 5.42. The van der Waals surface area contributed by atoms with Crippen LogP contribution >= 0.6 is 23.2 Å². The molecule has 3 rings (SSSR count). The standard InChI is InChI=1S/C17H15Cl2N3O/c1-11-21-22-16(23-11)10-20-17(12-5-3-2-4-6-12)14-9-13(18)7-8-15(14)19/h2-9,17,20H,10H2,1H3/t17-/m0/s1. The Bertz CT molecular complexity index is 790. The van der Waals surface area contributed by atoms with E-state index in [1.165, 1.54) is 0 Å². The van der Waals surface area contributed by atoms with Gasteiger partial charge in [0.1, 0.15) is 0 Å². The molecule has 2 aromatic carbocycles. The lowest BCUT2D eigenvalue weighted by atomic mass is 9.98. The predicted molar refractivity (Wildman–Crippen MR) is 90.6 cm³/mol. The van der Waals surface area contributed by atoms with Gasteiger partial charge in [0.05, 0.1) is 12.6 Å². The molecule has 0 saturated heterocycles. The molecule has 0 spiro atoms. The highest BCUT2D eigenvalue weighted by molar-refractivity contribution is 6.33. The van der Waals surface area contributed by atoms with E-state index in [1.807, 2.05) is 36.4 Å². The van der Waals surface area contributed by atoms with E-state index in [-0.39, 0.29) is 6.04 Å². The summed E-state index contributed by atoms with van der Waals surface area (Å²) in [6, 6.07) is 15.3. The molecule has 1 N–H and O–H groups in total. The second-order valence-corrected chi connectivity index (χ2v) is 5.95. The summed E-state index contributed by atoms with van der Waals surface area (Å²) in [7, 11) is 0. The summed E-state index contributed by atoms with van der Waals surface area (Å²) in [5.74, 6) is 1.07. The zero-order valence-corrected chi connectivity index (χ0v) is 14.0. The summed E-state index contributed by atoms with van der Waals surface area (Å²) >= 11 is 12.5. The van der Waals surface area contributed by atoms with Gasteiger partial charge in [0, 0.05) is 17.0 Å². The summed E-state index contributed by atoms with van der Waals surface area (Å²) in [6.45, 7) is 2.20. The Morgan fingerprint density at radius 1 is 1.09 bits per heavy atom. The average molecular weight is 348 g/mol. The largest absolute Gasteiger partial charge is 0.424 e. The first-order valence-corrected chi connectivity index (χ1v) is 7.91. The molecular formula is C17H15Cl2N3O. The van der Waals surface area contributed by atoms with E-state index in [4.69, 9.17) is 27.6 Å². The predicted octanol–water partition coefficient (Wildman–Crippen LogP) is 4.56. The van der Waals surface area contributed by atoms with Crippen molar-refractivity contribution >= 4 is 23.2 Å². The molecular weight excluding hydrogens is 333 g/mol. The molecule has 4 nitrogen and oxygen atoms in total. The van der Waals surface area contributed by atoms with Gasteiger partial charge in [-0.25, -0.2) is 0 Å². The number of nitrogens with one attached hydrogen (secondary N) is 1. The number of aryl methyl sites for hydroxylation is 1. The smallest absolute Gasteiger partial charge is 0.230 e. The Balaban J connectivity index is 1.92. The van der Waals surface area contributed by atoms with Crippen LogP contribution in [0.5, 0.6) is 0 Å². The second kappa shape index (κ2) is 7.13. The molecule has 1 aromatic heterocycles. The number of aromatic nitrogens is 2. The van der Waals surface area contributed by atoms with Gasteiger partial charge in [0.2, 0.25) is 11.8 Å². The number of halogens is 2. The normalized spacial score (nSPS) is 12.3. The molecule has 118 valence electrons. The average Bonchev–Trinajstić information content (AvgIpc) is 2.97. The quantitative estimate of drug-likeness (QED) is 0.734. The lowest BCUT2D eigenvalue weighted by Gasteiger charge is -2.20. The van der Waals surface area contributed by atoms with Crippen LogP contribution in [-0.4, -0.2) is 10.2 Å². The van der Waals surface area contributed by atoms with Gasteiger partial charge in [0.15, 0.2) is 0 Å². The molecule has 0 amide bonds. The van der Waals surface area contributed by atoms with E-state index in [1.54, 1.807) is 19.1 Å². The third-order valence-electron chi connectivity index (χ3n) is 3.43. The summed E-state index contributed by atoms with van der Waals surface area (Å²) in [6.07, 6.45) is 0. The van der Waals surface area contributed by atoms with Crippen molar-refractivity contribution in [2.75, 3.05) is 0 Å². The lowest BCUT2D eigenvalue weighted by molar-refractivity contribution is 0.436. The molecule has 1 atom stereocenters. The molecule has 0 bridgehead atoms. The van der Waals surface area contributed by atoms with Gasteiger partial charge in [-0.3, -0.25) is 5.32 Å². The monoisotopic (exact) mass is 347 g/mol. The number of hydrogen-bond acceptors (Lipinski definition) is 4. The fourth-order valence-corrected chi connectivity index (χ4v) is 2.79. The van der Waals surface area contributed by atoms with E-state index in [0.717, 1.165) is 11.1 Å². The minimum atomic E-state index is -0.130. The maximum absolute atomic E-state index is 6.38. The van der Waals surface area contributed by atoms with Crippen LogP contribution in [0.1, 0.15) is 29.0 Å². The third kappa shape index (κ3) is 3.91. The molecule has 0 fully saturated rings. The van der Waals surface area contributed by atoms with Crippen molar-refractivity contribution in [1.29, 1.82) is 0 Å². The minimum absolute atomic E-state index is 0.130. The molecule has 0 aliphatic heterocycles. The van der Waals surface area contributed by atoms with Crippen LogP contribution in [0.25, 0.3) is 0 Å². The molecule has 0 aliphatic carbocycles. The number of rotatable bonds is 5. The van der Waals surface area contributed by atoms with Gasteiger partial charge in [-0.15, -0.1) is 10.2 Å².